The molecular weight excluding hydrogens is 186 g/mol. The van der Waals surface area contributed by atoms with Crippen molar-refractivity contribution in [1.29, 1.82) is 0 Å². The first-order chi connectivity index (χ1) is 7.17. The molecule has 0 saturated heterocycles. The van der Waals surface area contributed by atoms with Gasteiger partial charge in [0.2, 0.25) is 0 Å². The second-order valence-corrected chi connectivity index (χ2v) is 3.67. The van der Waals surface area contributed by atoms with Gasteiger partial charge in [0.1, 0.15) is 0 Å². The Morgan fingerprint density at radius 3 is 2.53 bits per heavy atom. The van der Waals surface area contributed by atoms with Crippen molar-refractivity contribution < 1.29 is 0 Å². The average molecular weight is 207 g/mol. The van der Waals surface area contributed by atoms with E-state index in [-0.39, 0.29) is 0 Å². The van der Waals surface area contributed by atoms with E-state index < -0.39 is 0 Å². The highest BCUT2D eigenvalue weighted by Gasteiger charge is 2.08. The molecule has 15 heavy (non-hydrogen) atoms. The SMILES string of the molecule is CCN(CC)C(C)Nc1cccc(N)c1. The predicted molar refractivity (Wildman–Crippen MR) is 66.9 cm³/mol. The number of hydrogen-bond donors (Lipinski definition) is 2. The highest BCUT2D eigenvalue weighted by Crippen LogP contribution is 2.13. The van der Waals surface area contributed by atoms with Crippen LogP contribution in [0, 0.1) is 0 Å². The zero-order chi connectivity index (χ0) is 11.3. The van der Waals surface area contributed by atoms with E-state index in [0.29, 0.717) is 6.17 Å². The van der Waals surface area contributed by atoms with Crippen molar-refractivity contribution in [3.63, 3.8) is 0 Å². The highest BCUT2D eigenvalue weighted by atomic mass is 15.3. The van der Waals surface area contributed by atoms with Gasteiger partial charge in [-0.05, 0) is 38.2 Å². The lowest BCUT2D eigenvalue weighted by atomic mass is 10.2. The summed E-state index contributed by atoms with van der Waals surface area (Å²) in [6.45, 7) is 8.60. The second-order valence-electron chi connectivity index (χ2n) is 3.67. The summed E-state index contributed by atoms with van der Waals surface area (Å²) in [5, 5.41) is 3.43. The lowest BCUT2D eigenvalue weighted by molar-refractivity contribution is 0.253. The summed E-state index contributed by atoms with van der Waals surface area (Å²) in [7, 11) is 0. The lowest BCUT2D eigenvalue weighted by Crippen LogP contribution is -2.38. The van der Waals surface area contributed by atoms with Crippen molar-refractivity contribution in [1.82, 2.24) is 4.90 Å². The second kappa shape index (κ2) is 5.61. The van der Waals surface area contributed by atoms with Crippen molar-refractivity contribution in [2.45, 2.75) is 26.9 Å². The number of hydrogen-bond acceptors (Lipinski definition) is 3. The van der Waals surface area contributed by atoms with Crippen LogP contribution in [0.4, 0.5) is 11.4 Å². The number of nitrogens with zero attached hydrogens (tertiary/aromatic N) is 1. The Kier molecular flexibility index (Phi) is 4.43. The smallest absolute Gasteiger partial charge is 0.0764 e. The normalized spacial score (nSPS) is 12.8. The maximum Gasteiger partial charge on any atom is 0.0764 e. The van der Waals surface area contributed by atoms with Crippen LogP contribution < -0.4 is 11.1 Å². The molecule has 84 valence electrons. The number of nitrogen functional groups attached to an aromatic ring is 1. The molecule has 0 amide bonds. The van der Waals surface area contributed by atoms with Gasteiger partial charge in [-0.25, -0.2) is 0 Å². The van der Waals surface area contributed by atoms with Crippen LogP contribution in [-0.2, 0) is 0 Å². The van der Waals surface area contributed by atoms with Crippen molar-refractivity contribution in [2.24, 2.45) is 0 Å². The largest absolute Gasteiger partial charge is 0.399 e. The molecule has 1 unspecified atom stereocenters. The molecule has 0 bridgehead atoms. The molecule has 0 radical (unpaired) electrons. The van der Waals surface area contributed by atoms with E-state index in [1.54, 1.807) is 0 Å². The summed E-state index contributed by atoms with van der Waals surface area (Å²) in [5.41, 5.74) is 7.60. The Morgan fingerprint density at radius 2 is 2.00 bits per heavy atom. The molecule has 3 N–H and O–H groups in total. The molecule has 3 nitrogen and oxygen atoms in total. The summed E-state index contributed by atoms with van der Waals surface area (Å²) in [6, 6.07) is 7.86. The topological polar surface area (TPSA) is 41.3 Å². The summed E-state index contributed by atoms with van der Waals surface area (Å²) in [4.78, 5) is 2.35. The van der Waals surface area contributed by atoms with E-state index in [1.807, 2.05) is 24.3 Å². The minimum atomic E-state index is 0.335. The van der Waals surface area contributed by atoms with Gasteiger partial charge in [-0.15, -0.1) is 0 Å². The Labute approximate surface area is 92.3 Å². The van der Waals surface area contributed by atoms with Gasteiger partial charge in [0, 0.05) is 11.4 Å². The third-order valence-corrected chi connectivity index (χ3v) is 2.62. The molecule has 1 atom stereocenters. The van der Waals surface area contributed by atoms with E-state index in [1.165, 1.54) is 0 Å². The van der Waals surface area contributed by atoms with Crippen LogP contribution in [-0.4, -0.2) is 24.2 Å². The number of rotatable bonds is 5. The molecule has 1 rings (SSSR count). The predicted octanol–water partition coefficient (Wildman–Crippen LogP) is 2.37. The third kappa shape index (κ3) is 3.44. The fourth-order valence-corrected chi connectivity index (χ4v) is 1.73. The maximum atomic E-state index is 5.72. The Bertz CT molecular complexity index is 295. The average Bonchev–Trinajstić information content (AvgIpc) is 2.19. The van der Waals surface area contributed by atoms with Gasteiger partial charge in [0.25, 0.3) is 0 Å². The van der Waals surface area contributed by atoms with Gasteiger partial charge < -0.3 is 11.1 Å². The number of benzene rings is 1. The van der Waals surface area contributed by atoms with Crippen molar-refractivity contribution in [3.05, 3.63) is 24.3 Å². The molecule has 0 fully saturated rings. The van der Waals surface area contributed by atoms with Crippen LogP contribution in [0.2, 0.25) is 0 Å². The standard InChI is InChI=1S/C12H21N3/c1-4-15(5-2)10(3)14-12-8-6-7-11(13)9-12/h6-10,14H,4-5,13H2,1-3H3. The molecule has 0 aliphatic rings. The Balaban J connectivity index is 2.61. The third-order valence-electron chi connectivity index (χ3n) is 2.62. The lowest BCUT2D eigenvalue weighted by Gasteiger charge is -2.28. The first-order valence-corrected chi connectivity index (χ1v) is 5.53. The van der Waals surface area contributed by atoms with Gasteiger partial charge in [-0.1, -0.05) is 19.9 Å². The highest BCUT2D eigenvalue weighted by molar-refractivity contribution is 5.54. The molecule has 0 aliphatic heterocycles. The van der Waals surface area contributed by atoms with Crippen molar-refractivity contribution in [2.75, 3.05) is 24.1 Å². The minimum absolute atomic E-state index is 0.335. The summed E-state index contributed by atoms with van der Waals surface area (Å²) >= 11 is 0. The zero-order valence-electron chi connectivity index (χ0n) is 9.83. The van der Waals surface area contributed by atoms with Gasteiger partial charge in [0.15, 0.2) is 0 Å². The molecule has 3 heteroatoms. The van der Waals surface area contributed by atoms with E-state index in [9.17, 15) is 0 Å². The summed E-state index contributed by atoms with van der Waals surface area (Å²) < 4.78 is 0. The molecule has 0 heterocycles. The maximum absolute atomic E-state index is 5.72. The fraction of sp³-hybridized carbons (Fsp3) is 0.500. The molecule has 0 saturated carbocycles. The number of nitrogens with one attached hydrogen (secondary N) is 1. The van der Waals surface area contributed by atoms with Gasteiger partial charge in [-0.2, -0.15) is 0 Å². The van der Waals surface area contributed by atoms with Crippen LogP contribution in [0.15, 0.2) is 24.3 Å². The minimum Gasteiger partial charge on any atom is -0.399 e. The quantitative estimate of drug-likeness (QED) is 0.575. The molecular formula is C12H21N3. The van der Waals surface area contributed by atoms with E-state index in [4.69, 9.17) is 5.73 Å². The van der Waals surface area contributed by atoms with Crippen LogP contribution in [0.25, 0.3) is 0 Å². The van der Waals surface area contributed by atoms with E-state index in [0.717, 1.165) is 24.5 Å². The van der Waals surface area contributed by atoms with Crippen LogP contribution >= 0.6 is 0 Å². The Hall–Kier alpha value is -1.22. The van der Waals surface area contributed by atoms with Crippen molar-refractivity contribution >= 4 is 11.4 Å². The van der Waals surface area contributed by atoms with Gasteiger partial charge >= 0.3 is 0 Å². The molecule has 0 spiro atoms. The zero-order valence-corrected chi connectivity index (χ0v) is 9.83. The summed E-state index contributed by atoms with van der Waals surface area (Å²) in [5.74, 6) is 0. The van der Waals surface area contributed by atoms with Crippen LogP contribution in [0.5, 0.6) is 0 Å². The molecule has 0 aliphatic carbocycles. The van der Waals surface area contributed by atoms with Crippen molar-refractivity contribution in [3.8, 4) is 0 Å². The number of anilines is 2. The Morgan fingerprint density at radius 1 is 1.33 bits per heavy atom. The molecule has 1 aromatic carbocycles. The first kappa shape index (κ1) is 11.9. The van der Waals surface area contributed by atoms with Gasteiger partial charge in [-0.3, -0.25) is 4.90 Å². The molecule has 1 aromatic rings. The van der Waals surface area contributed by atoms with E-state index >= 15 is 0 Å². The monoisotopic (exact) mass is 207 g/mol. The number of nitrogens with two attached hydrogens (primary N) is 1. The van der Waals surface area contributed by atoms with Crippen LogP contribution in [0.3, 0.4) is 0 Å². The summed E-state index contributed by atoms with van der Waals surface area (Å²) in [6.07, 6.45) is 0.335. The van der Waals surface area contributed by atoms with Gasteiger partial charge in [0.05, 0.1) is 6.17 Å². The molecule has 0 aromatic heterocycles. The van der Waals surface area contributed by atoms with Crippen LogP contribution in [0.1, 0.15) is 20.8 Å². The first-order valence-electron chi connectivity index (χ1n) is 5.53. The fourth-order valence-electron chi connectivity index (χ4n) is 1.73. The van der Waals surface area contributed by atoms with E-state index in [2.05, 4.69) is 31.0 Å².